The van der Waals surface area contributed by atoms with E-state index in [1.807, 2.05) is 0 Å². The second-order valence-electron chi connectivity index (χ2n) is 0.983. The Bertz CT molecular complexity index is 75.3. The SMILES string of the molecule is CC(=O)[O-].CC(=O)[O-].[Cd+].[NH4+]. The van der Waals surface area contributed by atoms with Crippen LogP contribution in [-0.4, -0.2) is 11.9 Å². The molecular weight excluding hydrogens is 238 g/mol. The van der Waals surface area contributed by atoms with Crippen LogP contribution >= 0.6 is 0 Å². The zero-order valence-electron chi connectivity index (χ0n) is 6.34. The van der Waals surface area contributed by atoms with Gasteiger partial charge < -0.3 is 26.0 Å². The van der Waals surface area contributed by atoms with Crippen LogP contribution in [0.3, 0.4) is 0 Å². The predicted molar refractivity (Wildman–Crippen MR) is 27.3 cm³/mol. The van der Waals surface area contributed by atoms with E-state index in [4.69, 9.17) is 19.8 Å². The summed E-state index contributed by atoms with van der Waals surface area (Å²) in [4.78, 5) is 17.8. The Balaban J connectivity index is -0.0000000300. The summed E-state index contributed by atoms with van der Waals surface area (Å²) in [5.74, 6) is -2.17. The third-order valence-electron chi connectivity index (χ3n) is 0. The van der Waals surface area contributed by atoms with Crippen LogP contribution in [0, 0.1) is 0 Å². The normalized spacial score (nSPS) is 5.00. The van der Waals surface area contributed by atoms with Gasteiger partial charge in [0.25, 0.3) is 0 Å². The maximum Gasteiger partial charge on any atom is 1.00 e. The zero-order chi connectivity index (χ0) is 7.15. The molecule has 5 nitrogen and oxygen atoms in total. The van der Waals surface area contributed by atoms with Gasteiger partial charge in [-0.05, 0) is 13.8 Å². The van der Waals surface area contributed by atoms with Crippen molar-refractivity contribution in [1.29, 1.82) is 0 Å². The Morgan fingerprint density at radius 3 is 1.00 bits per heavy atom. The van der Waals surface area contributed by atoms with E-state index >= 15 is 0 Å². The van der Waals surface area contributed by atoms with E-state index in [1.54, 1.807) is 0 Å². The third kappa shape index (κ3) is 11500. The number of quaternary nitrogens is 1. The van der Waals surface area contributed by atoms with Crippen molar-refractivity contribution in [3.63, 3.8) is 0 Å². The summed E-state index contributed by atoms with van der Waals surface area (Å²) in [5.41, 5.74) is 0. The Labute approximate surface area is 79.2 Å². The molecule has 0 aliphatic carbocycles. The second kappa shape index (κ2) is 15.9. The number of hydrogen-bond donors (Lipinski definition) is 1. The number of aliphatic carboxylic acids is 2. The number of carboxylic acids is 2. The fourth-order valence-electron chi connectivity index (χ4n) is 0. The maximum atomic E-state index is 8.89. The largest absolute Gasteiger partial charge is 1.00 e. The van der Waals surface area contributed by atoms with Crippen molar-refractivity contribution in [2.24, 2.45) is 0 Å². The van der Waals surface area contributed by atoms with Gasteiger partial charge in [0.2, 0.25) is 0 Å². The minimum Gasteiger partial charge on any atom is -0.550 e. The summed E-state index contributed by atoms with van der Waals surface area (Å²) in [6.07, 6.45) is 0. The molecule has 0 aromatic carbocycles. The van der Waals surface area contributed by atoms with E-state index in [1.165, 1.54) is 0 Å². The molecule has 0 saturated heterocycles. The smallest absolute Gasteiger partial charge is 0.550 e. The van der Waals surface area contributed by atoms with Crippen LogP contribution in [0.4, 0.5) is 0 Å². The van der Waals surface area contributed by atoms with Gasteiger partial charge in [0.05, 0.1) is 0 Å². The molecule has 0 fully saturated rings. The van der Waals surface area contributed by atoms with Crippen LogP contribution in [0.25, 0.3) is 0 Å². The fraction of sp³-hybridized carbons (Fsp3) is 0.500. The second-order valence-corrected chi connectivity index (χ2v) is 0.983. The van der Waals surface area contributed by atoms with Crippen molar-refractivity contribution in [2.45, 2.75) is 13.8 Å². The van der Waals surface area contributed by atoms with Crippen LogP contribution in [0.1, 0.15) is 13.8 Å². The molecule has 4 N–H and O–H groups in total. The molecule has 1 radical (unpaired) electrons. The first-order chi connectivity index (χ1) is 3.46. The number of rotatable bonds is 0. The molecule has 0 amide bonds. The number of carbonyl (C=O) groups is 2. The van der Waals surface area contributed by atoms with E-state index in [0.717, 1.165) is 13.8 Å². The molecule has 0 heterocycles. The minimum absolute atomic E-state index is 0. The molecule has 0 rings (SSSR count). The predicted octanol–water partition coefficient (Wildman–Crippen LogP) is -2.11. The van der Waals surface area contributed by atoms with Gasteiger partial charge in [0, 0.05) is 11.9 Å². The van der Waals surface area contributed by atoms with Gasteiger partial charge in [-0.2, -0.15) is 0 Å². The molecule has 0 aromatic rings. The molecule has 6 heteroatoms. The molecule has 0 saturated carbocycles. The van der Waals surface area contributed by atoms with Crippen molar-refractivity contribution in [3.05, 3.63) is 0 Å². The van der Waals surface area contributed by atoms with Crippen LogP contribution in [-0.2, 0) is 36.9 Å². The number of carbonyl (C=O) groups excluding carboxylic acids is 2. The fourth-order valence-corrected chi connectivity index (χ4v) is 0. The third-order valence-corrected chi connectivity index (χ3v) is 0. The van der Waals surface area contributed by atoms with Crippen molar-refractivity contribution in [2.75, 3.05) is 0 Å². The standard InChI is InChI=1S/2C2H4O2.Cd.H3N/c2*1-2(3)4;;/h2*1H3,(H,3,4);;1H3/q;;+1;/p-1. The topological polar surface area (TPSA) is 117 Å². The molecular formula is C4H10CdNO4. The molecule has 0 atom stereocenters. The Kier molecular flexibility index (Phi) is 35.9. The Morgan fingerprint density at radius 1 is 1.00 bits per heavy atom. The first kappa shape index (κ1) is 22.6. The summed E-state index contributed by atoms with van der Waals surface area (Å²) >= 11 is 0. The number of hydrogen-bond acceptors (Lipinski definition) is 4. The number of carboxylic acid groups (broad SMARTS) is 2. The summed E-state index contributed by atoms with van der Waals surface area (Å²) < 4.78 is 0. The first-order valence-corrected chi connectivity index (χ1v) is 1.82. The molecule has 0 unspecified atom stereocenters. The van der Waals surface area contributed by atoms with Gasteiger partial charge in [-0.3, -0.25) is 0 Å². The molecule has 0 aromatic heterocycles. The molecule has 0 bridgehead atoms. The molecule has 0 spiro atoms. The van der Waals surface area contributed by atoms with Crippen LogP contribution in [0.2, 0.25) is 0 Å². The van der Waals surface area contributed by atoms with Crippen LogP contribution in [0.15, 0.2) is 0 Å². The summed E-state index contributed by atoms with van der Waals surface area (Å²) in [6, 6.07) is 0. The van der Waals surface area contributed by atoms with Gasteiger partial charge >= 0.3 is 27.3 Å². The van der Waals surface area contributed by atoms with Crippen molar-refractivity contribution in [3.8, 4) is 0 Å². The van der Waals surface area contributed by atoms with Crippen LogP contribution < -0.4 is 16.4 Å². The molecule has 0 aliphatic rings. The van der Waals surface area contributed by atoms with Gasteiger partial charge in [-0.25, -0.2) is 0 Å². The molecule has 57 valence electrons. The van der Waals surface area contributed by atoms with Gasteiger partial charge in [-0.1, -0.05) is 0 Å². The Morgan fingerprint density at radius 2 is 1.00 bits per heavy atom. The first-order valence-electron chi connectivity index (χ1n) is 1.82. The summed E-state index contributed by atoms with van der Waals surface area (Å²) in [6.45, 7) is 1.94. The van der Waals surface area contributed by atoms with Gasteiger partial charge in [0.15, 0.2) is 0 Å². The van der Waals surface area contributed by atoms with Crippen molar-refractivity contribution in [1.82, 2.24) is 6.15 Å². The monoisotopic (exact) mass is 250 g/mol. The van der Waals surface area contributed by atoms with Gasteiger partial charge in [-0.15, -0.1) is 0 Å². The zero-order valence-corrected chi connectivity index (χ0v) is 10.4. The Hall–Kier alpha value is -0.178. The molecule has 10 heavy (non-hydrogen) atoms. The van der Waals surface area contributed by atoms with E-state index in [0.29, 0.717) is 0 Å². The summed E-state index contributed by atoms with van der Waals surface area (Å²) in [5, 5.41) is 17.8. The minimum atomic E-state index is -1.08. The van der Waals surface area contributed by atoms with Crippen molar-refractivity contribution >= 4 is 11.9 Å². The summed E-state index contributed by atoms with van der Waals surface area (Å²) in [7, 11) is 0. The van der Waals surface area contributed by atoms with Crippen LogP contribution in [0.5, 0.6) is 0 Å². The maximum absolute atomic E-state index is 8.89. The van der Waals surface area contributed by atoms with E-state index in [9.17, 15) is 0 Å². The van der Waals surface area contributed by atoms with E-state index in [-0.39, 0.29) is 33.4 Å². The average molecular weight is 249 g/mol. The quantitative estimate of drug-likeness (QED) is 0.494. The van der Waals surface area contributed by atoms with Crippen molar-refractivity contribution < 1.29 is 47.1 Å². The van der Waals surface area contributed by atoms with Gasteiger partial charge in [0.1, 0.15) is 0 Å². The molecule has 0 aliphatic heterocycles. The average Bonchev–Trinajstić information content (AvgIpc) is 1.25. The van der Waals surface area contributed by atoms with E-state index in [2.05, 4.69) is 0 Å². The van der Waals surface area contributed by atoms with E-state index < -0.39 is 11.9 Å².